The van der Waals surface area contributed by atoms with Gasteiger partial charge in [0.05, 0.1) is 6.54 Å². The normalized spacial score (nSPS) is 22.8. The Labute approximate surface area is 104 Å². The molecule has 0 aliphatic carbocycles. The molecule has 0 fully saturated rings. The first-order valence-electron chi connectivity index (χ1n) is 5.57. The zero-order chi connectivity index (χ0) is 12.3. The fourth-order valence-corrected chi connectivity index (χ4v) is 2.62. The summed E-state index contributed by atoms with van der Waals surface area (Å²) in [5.41, 5.74) is 3.60. The molecule has 0 spiro atoms. The van der Waals surface area contributed by atoms with Crippen LogP contribution in [0.2, 0.25) is 0 Å². The molecule has 1 aliphatic rings. The molecule has 2 rings (SSSR count). The summed E-state index contributed by atoms with van der Waals surface area (Å²) in [6, 6.07) is 8.45. The third-order valence-electron chi connectivity index (χ3n) is 2.53. The molecule has 0 N–H and O–H groups in total. The maximum Gasteiger partial charge on any atom is 0.0639 e. The summed E-state index contributed by atoms with van der Waals surface area (Å²) in [7, 11) is 0.587. The molecule has 0 bridgehead atoms. The highest BCUT2D eigenvalue weighted by Gasteiger charge is 2.04. The van der Waals surface area contributed by atoms with Crippen LogP contribution in [0.25, 0.3) is 5.57 Å². The molecule has 0 saturated heterocycles. The van der Waals surface area contributed by atoms with Gasteiger partial charge in [-0.15, -0.1) is 0 Å². The van der Waals surface area contributed by atoms with E-state index < -0.39 is 0 Å². The van der Waals surface area contributed by atoms with Crippen molar-refractivity contribution < 1.29 is 0 Å². The highest BCUT2D eigenvalue weighted by Crippen LogP contribution is 2.34. The lowest BCUT2D eigenvalue weighted by Gasteiger charge is -2.10. The van der Waals surface area contributed by atoms with E-state index in [1.807, 2.05) is 6.21 Å². The number of nitrogens with zero attached hydrogens (tertiary/aromatic N) is 1. The molecule has 1 heterocycles. The fourth-order valence-electron chi connectivity index (χ4n) is 1.76. The maximum atomic E-state index is 4.41. The highest BCUT2D eigenvalue weighted by atomic mass is 31.1. The number of aliphatic imine (C=N–C) groups is 1. The average Bonchev–Trinajstić information content (AvgIpc) is 2.25. The monoisotopic (exact) mass is 241 g/mol. The molecule has 1 aromatic rings. The lowest BCUT2D eigenvalue weighted by atomic mass is 10.0. The van der Waals surface area contributed by atoms with Gasteiger partial charge in [-0.05, 0) is 29.2 Å². The predicted octanol–water partition coefficient (Wildman–Crippen LogP) is 4.17. The third-order valence-corrected chi connectivity index (χ3v) is 3.51. The Morgan fingerprint density at radius 3 is 2.88 bits per heavy atom. The third kappa shape index (κ3) is 3.25. The van der Waals surface area contributed by atoms with Crippen LogP contribution in [0.4, 0.5) is 0 Å². The summed E-state index contributed by atoms with van der Waals surface area (Å²) in [6.07, 6.45) is 4.04. The summed E-state index contributed by atoms with van der Waals surface area (Å²) in [4.78, 5) is 4.41. The molecule has 17 heavy (non-hydrogen) atoms. The van der Waals surface area contributed by atoms with Crippen molar-refractivity contribution in [1.29, 1.82) is 0 Å². The van der Waals surface area contributed by atoms with Crippen molar-refractivity contribution in [2.45, 2.75) is 6.92 Å². The van der Waals surface area contributed by atoms with Crippen LogP contribution < -0.4 is 0 Å². The van der Waals surface area contributed by atoms with Crippen LogP contribution >= 0.6 is 8.58 Å². The summed E-state index contributed by atoms with van der Waals surface area (Å²) in [5.74, 6) is 0. The Morgan fingerprint density at radius 1 is 1.29 bits per heavy atom. The van der Waals surface area contributed by atoms with E-state index in [2.05, 4.69) is 55.4 Å². The van der Waals surface area contributed by atoms with Gasteiger partial charge in [0, 0.05) is 11.8 Å². The van der Waals surface area contributed by atoms with Crippen LogP contribution in [0.1, 0.15) is 11.1 Å². The zero-order valence-electron chi connectivity index (χ0n) is 10.0. The summed E-state index contributed by atoms with van der Waals surface area (Å²) >= 11 is 0. The van der Waals surface area contributed by atoms with E-state index >= 15 is 0 Å². The summed E-state index contributed by atoms with van der Waals surface area (Å²) in [5, 5.41) is 2.27. The molecule has 1 atom stereocenters. The van der Waals surface area contributed by atoms with Crippen LogP contribution in [-0.4, -0.2) is 12.8 Å². The van der Waals surface area contributed by atoms with Crippen molar-refractivity contribution in [3.05, 3.63) is 65.3 Å². The van der Waals surface area contributed by atoms with Crippen molar-refractivity contribution in [3.8, 4) is 0 Å². The van der Waals surface area contributed by atoms with Crippen molar-refractivity contribution in [1.82, 2.24) is 0 Å². The lowest BCUT2D eigenvalue weighted by molar-refractivity contribution is 1.24. The molecular formula is C15H16NP. The Hall–Kier alpha value is -1.46. The molecule has 0 radical (unpaired) electrons. The molecule has 1 unspecified atom stereocenters. The second-order valence-electron chi connectivity index (χ2n) is 4.19. The minimum atomic E-state index is 0.587. The molecule has 0 amide bonds. The number of benzene rings is 1. The van der Waals surface area contributed by atoms with Gasteiger partial charge in [0.2, 0.25) is 0 Å². The minimum absolute atomic E-state index is 0.587. The van der Waals surface area contributed by atoms with E-state index in [0.29, 0.717) is 15.1 Å². The predicted molar refractivity (Wildman–Crippen MR) is 79.1 cm³/mol. The van der Waals surface area contributed by atoms with Gasteiger partial charge in [-0.1, -0.05) is 51.6 Å². The summed E-state index contributed by atoms with van der Waals surface area (Å²) < 4.78 is 0. The molecule has 2 heteroatoms. The topological polar surface area (TPSA) is 12.4 Å². The Balaban J connectivity index is 2.37. The largest absolute Gasteiger partial charge is 0.288 e. The van der Waals surface area contributed by atoms with Gasteiger partial charge in [-0.3, -0.25) is 4.99 Å². The molecule has 86 valence electrons. The smallest absolute Gasteiger partial charge is 0.0639 e. The van der Waals surface area contributed by atoms with E-state index in [4.69, 9.17) is 0 Å². The Bertz CT molecular complexity index is 523. The van der Waals surface area contributed by atoms with Crippen molar-refractivity contribution in [3.63, 3.8) is 0 Å². The number of allylic oxidation sites excluding steroid dienone is 3. The Kier molecular flexibility index (Phi) is 3.71. The van der Waals surface area contributed by atoms with E-state index in [-0.39, 0.29) is 0 Å². The van der Waals surface area contributed by atoms with Crippen LogP contribution in [-0.2, 0) is 0 Å². The number of rotatable bonds is 1. The molecule has 0 aromatic heterocycles. The molecule has 1 nitrogen and oxygen atoms in total. The van der Waals surface area contributed by atoms with Crippen LogP contribution in [0, 0.1) is 6.92 Å². The molecule has 0 saturated carbocycles. The van der Waals surface area contributed by atoms with Crippen molar-refractivity contribution >= 4 is 20.4 Å². The van der Waals surface area contributed by atoms with Gasteiger partial charge in [0.25, 0.3) is 0 Å². The number of aryl methyl sites for hydroxylation is 1. The van der Waals surface area contributed by atoms with Crippen LogP contribution in [0.15, 0.2) is 59.1 Å². The first kappa shape index (κ1) is 12.0. The first-order valence-corrected chi connectivity index (χ1v) is 6.57. The van der Waals surface area contributed by atoms with Crippen molar-refractivity contribution in [2.24, 2.45) is 4.99 Å². The zero-order valence-corrected chi connectivity index (χ0v) is 11.0. The first-order chi connectivity index (χ1) is 8.15. The van der Waals surface area contributed by atoms with Gasteiger partial charge in [0.1, 0.15) is 0 Å². The van der Waals surface area contributed by atoms with E-state index in [0.717, 1.165) is 16.2 Å². The van der Waals surface area contributed by atoms with Gasteiger partial charge in [0.15, 0.2) is 0 Å². The molecule has 1 aliphatic heterocycles. The minimum Gasteiger partial charge on any atom is -0.288 e. The average molecular weight is 241 g/mol. The standard InChI is InChI=1S/C15H16NP/c1-11-5-4-6-14(7-11)15-8-12(2)17-13(3)9-16-10-15/h4-8,10,17H,2-3,9H2,1H3/b15-8+,16-10-. The van der Waals surface area contributed by atoms with Crippen LogP contribution in [0.5, 0.6) is 0 Å². The highest BCUT2D eigenvalue weighted by molar-refractivity contribution is 7.48. The number of hydrogen-bond acceptors (Lipinski definition) is 1. The van der Waals surface area contributed by atoms with Gasteiger partial charge < -0.3 is 0 Å². The van der Waals surface area contributed by atoms with Crippen LogP contribution in [0.3, 0.4) is 0 Å². The fraction of sp³-hybridized carbons (Fsp3) is 0.133. The van der Waals surface area contributed by atoms with E-state index in [9.17, 15) is 0 Å². The SMILES string of the molecule is C=C1/C=C(c2cccc(C)c2)\C=N/CC(=C)P1. The second kappa shape index (κ2) is 5.25. The summed E-state index contributed by atoms with van der Waals surface area (Å²) in [6.45, 7) is 10.9. The van der Waals surface area contributed by atoms with E-state index in [1.165, 1.54) is 11.1 Å². The second-order valence-corrected chi connectivity index (χ2v) is 5.79. The molecule has 1 aromatic carbocycles. The van der Waals surface area contributed by atoms with E-state index in [1.54, 1.807) is 0 Å². The van der Waals surface area contributed by atoms with Gasteiger partial charge in [-0.2, -0.15) is 0 Å². The molecular weight excluding hydrogens is 225 g/mol. The lowest BCUT2D eigenvalue weighted by Crippen LogP contribution is -1.92. The Morgan fingerprint density at radius 2 is 2.12 bits per heavy atom. The van der Waals surface area contributed by atoms with Gasteiger partial charge in [-0.25, -0.2) is 0 Å². The van der Waals surface area contributed by atoms with Crippen molar-refractivity contribution in [2.75, 3.05) is 6.54 Å². The quantitative estimate of drug-likeness (QED) is 0.654. The number of hydrogen-bond donors (Lipinski definition) is 0. The maximum absolute atomic E-state index is 4.41. The van der Waals surface area contributed by atoms with Gasteiger partial charge >= 0.3 is 0 Å².